The van der Waals surface area contributed by atoms with Gasteiger partial charge in [-0.15, -0.1) is 0 Å². The molecule has 0 saturated carbocycles. The highest BCUT2D eigenvalue weighted by Crippen LogP contribution is 2.20. The van der Waals surface area contributed by atoms with E-state index < -0.39 is 0 Å². The van der Waals surface area contributed by atoms with Gasteiger partial charge in [0.25, 0.3) is 5.91 Å². The second-order valence-corrected chi connectivity index (χ2v) is 5.96. The predicted molar refractivity (Wildman–Crippen MR) is 99.9 cm³/mol. The number of rotatable bonds is 5. The van der Waals surface area contributed by atoms with Gasteiger partial charge in [-0.3, -0.25) is 9.78 Å². The molecule has 0 radical (unpaired) electrons. The van der Waals surface area contributed by atoms with Gasteiger partial charge >= 0.3 is 0 Å². The Morgan fingerprint density at radius 2 is 2.00 bits per heavy atom. The van der Waals surface area contributed by atoms with Gasteiger partial charge in [0.15, 0.2) is 0 Å². The molecule has 5 nitrogen and oxygen atoms in total. The number of halogens is 1. The highest BCUT2D eigenvalue weighted by molar-refractivity contribution is 6.30. The van der Waals surface area contributed by atoms with E-state index in [0.29, 0.717) is 22.9 Å². The topological polar surface area (TPSA) is 66.9 Å². The molecule has 3 rings (SSSR count). The quantitative estimate of drug-likeness (QED) is 0.718. The van der Waals surface area contributed by atoms with Crippen molar-refractivity contribution in [1.82, 2.24) is 9.97 Å². The Labute approximate surface area is 151 Å². The molecule has 126 valence electrons. The van der Waals surface area contributed by atoms with E-state index in [4.69, 9.17) is 11.6 Å². The number of hydrogen-bond donors (Lipinski definition) is 2. The van der Waals surface area contributed by atoms with Gasteiger partial charge in [0.05, 0.1) is 24.1 Å². The van der Waals surface area contributed by atoms with Gasteiger partial charge in [-0.05, 0) is 55.0 Å². The molecule has 0 atom stereocenters. The van der Waals surface area contributed by atoms with Crippen LogP contribution in [0.1, 0.15) is 21.7 Å². The number of amides is 1. The molecule has 2 aromatic heterocycles. The Balaban J connectivity index is 1.62. The standard InChI is InChI=1S/C19H17ClN4O/c1-13-10-14(20)5-7-17(13)24-19(25)18-8-6-16(12-23-18)22-11-15-4-2-3-9-21-15/h2-10,12,22H,11H2,1H3,(H,24,25). The van der Waals surface area contributed by atoms with Crippen LogP contribution in [0.4, 0.5) is 11.4 Å². The van der Waals surface area contributed by atoms with E-state index in [1.165, 1.54) is 0 Å². The fourth-order valence-corrected chi connectivity index (χ4v) is 2.51. The van der Waals surface area contributed by atoms with Crippen molar-refractivity contribution < 1.29 is 4.79 Å². The van der Waals surface area contributed by atoms with E-state index >= 15 is 0 Å². The SMILES string of the molecule is Cc1cc(Cl)ccc1NC(=O)c1ccc(NCc2ccccn2)cn1. The lowest BCUT2D eigenvalue weighted by Gasteiger charge is -2.09. The number of aromatic nitrogens is 2. The minimum atomic E-state index is -0.262. The summed E-state index contributed by atoms with van der Waals surface area (Å²) in [5.74, 6) is -0.262. The third-order valence-corrected chi connectivity index (χ3v) is 3.87. The van der Waals surface area contributed by atoms with Crippen molar-refractivity contribution >= 4 is 28.9 Å². The summed E-state index contributed by atoms with van der Waals surface area (Å²) in [5, 5.41) is 6.70. The van der Waals surface area contributed by atoms with Crippen LogP contribution < -0.4 is 10.6 Å². The molecule has 1 amide bonds. The van der Waals surface area contributed by atoms with Gasteiger partial charge in [0.1, 0.15) is 5.69 Å². The summed E-state index contributed by atoms with van der Waals surface area (Å²) in [4.78, 5) is 20.8. The van der Waals surface area contributed by atoms with Crippen molar-refractivity contribution in [2.45, 2.75) is 13.5 Å². The van der Waals surface area contributed by atoms with Crippen LogP contribution in [0.15, 0.2) is 60.9 Å². The first-order valence-electron chi connectivity index (χ1n) is 7.79. The molecule has 0 unspecified atom stereocenters. The lowest BCUT2D eigenvalue weighted by Crippen LogP contribution is -2.14. The average Bonchev–Trinajstić information content (AvgIpc) is 2.63. The fraction of sp³-hybridized carbons (Fsp3) is 0.105. The summed E-state index contributed by atoms with van der Waals surface area (Å²) in [5.41, 5.74) is 3.72. The Morgan fingerprint density at radius 3 is 2.68 bits per heavy atom. The molecule has 1 aromatic carbocycles. The highest BCUT2D eigenvalue weighted by Gasteiger charge is 2.09. The number of anilines is 2. The predicted octanol–water partition coefficient (Wildman–Crippen LogP) is 4.30. The van der Waals surface area contributed by atoms with Crippen LogP contribution >= 0.6 is 11.6 Å². The number of carbonyl (C=O) groups excluding carboxylic acids is 1. The molecular formula is C19H17ClN4O. The van der Waals surface area contributed by atoms with E-state index in [0.717, 1.165) is 16.9 Å². The molecule has 2 heterocycles. The van der Waals surface area contributed by atoms with Crippen LogP contribution in [0.3, 0.4) is 0 Å². The second-order valence-electron chi connectivity index (χ2n) is 5.52. The average molecular weight is 353 g/mol. The zero-order valence-electron chi connectivity index (χ0n) is 13.7. The van der Waals surface area contributed by atoms with E-state index in [1.807, 2.05) is 31.2 Å². The number of hydrogen-bond acceptors (Lipinski definition) is 4. The summed E-state index contributed by atoms with van der Waals surface area (Å²) in [6, 6.07) is 14.6. The molecule has 25 heavy (non-hydrogen) atoms. The second kappa shape index (κ2) is 7.77. The first-order valence-corrected chi connectivity index (χ1v) is 8.17. The van der Waals surface area contributed by atoms with Gasteiger partial charge in [-0.25, -0.2) is 4.98 Å². The molecule has 3 aromatic rings. The lowest BCUT2D eigenvalue weighted by atomic mass is 10.2. The van der Waals surface area contributed by atoms with Crippen molar-refractivity contribution in [3.8, 4) is 0 Å². The maximum atomic E-state index is 12.3. The number of carbonyl (C=O) groups is 1. The third-order valence-electron chi connectivity index (χ3n) is 3.63. The largest absolute Gasteiger partial charge is 0.378 e. The number of benzene rings is 1. The number of nitrogens with zero attached hydrogens (tertiary/aromatic N) is 2. The minimum absolute atomic E-state index is 0.262. The first-order chi connectivity index (χ1) is 12.1. The summed E-state index contributed by atoms with van der Waals surface area (Å²) in [6.45, 7) is 2.48. The highest BCUT2D eigenvalue weighted by atomic mass is 35.5. The molecule has 6 heteroatoms. The monoisotopic (exact) mass is 352 g/mol. The van der Waals surface area contributed by atoms with E-state index in [2.05, 4.69) is 20.6 Å². The van der Waals surface area contributed by atoms with Crippen molar-refractivity contribution in [2.75, 3.05) is 10.6 Å². The first kappa shape index (κ1) is 16.9. The normalized spacial score (nSPS) is 10.3. The van der Waals surface area contributed by atoms with Crippen LogP contribution in [-0.2, 0) is 6.54 Å². The maximum Gasteiger partial charge on any atom is 0.274 e. The van der Waals surface area contributed by atoms with Gasteiger partial charge in [0, 0.05) is 16.9 Å². The smallest absolute Gasteiger partial charge is 0.274 e. The number of aryl methyl sites for hydroxylation is 1. The van der Waals surface area contributed by atoms with Crippen LogP contribution in [0.2, 0.25) is 5.02 Å². The molecule has 0 fully saturated rings. The van der Waals surface area contributed by atoms with Crippen LogP contribution in [-0.4, -0.2) is 15.9 Å². The van der Waals surface area contributed by atoms with Gasteiger partial charge < -0.3 is 10.6 Å². The molecule has 0 saturated heterocycles. The Morgan fingerprint density at radius 1 is 1.12 bits per heavy atom. The lowest BCUT2D eigenvalue weighted by molar-refractivity contribution is 0.102. The van der Waals surface area contributed by atoms with Gasteiger partial charge in [-0.1, -0.05) is 17.7 Å². The molecule has 0 aliphatic rings. The van der Waals surface area contributed by atoms with Crippen molar-refractivity contribution in [3.05, 3.63) is 82.9 Å². The zero-order valence-corrected chi connectivity index (χ0v) is 14.4. The number of nitrogens with one attached hydrogen (secondary N) is 2. The summed E-state index contributed by atoms with van der Waals surface area (Å²) >= 11 is 5.93. The van der Waals surface area contributed by atoms with Crippen LogP contribution in [0.5, 0.6) is 0 Å². The fourth-order valence-electron chi connectivity index (χ4n) is 2.28. The summed E-state index contributed by atoms with van der Waals surface area (Å²) < 4.78 is 0. The third kappa shape index (κ3) is 4.55. The van der Waals surface area contributed by atoms with Crippen molar-refractivity contribution in [1.29, 1.82) is 0 Å². The van der Waals surface area contributed by atoms with Crippen LogP contribution in [0.25, 0.3) is 0 Å². The Hall–Kier alpha value is -2.92. The minimum Gasteiger partial charge on any atom is -0.378 e. The molecule has 0 bridgehead atoms. The molecule has 0 aliphatic carbocycles. The number of pyridine rings is 2. The molecule has 0 spiro atoms. The van der Waals surface area contributed by atoms with Crippen molar-refractivity contribution in [3.63, 3.8) is 0 Å². The Kier molecular flexibility index (Phi) is 5.26. The van der Waals surface area contributed by atoms with E-state index in [1.54, 1.807) is 36.7 Å². The maximum absolute atomic E-state index is 12.3. The molecule has 0 aliphatic heterocycles. The molecule has 2 N–H and O–H groups in total. The van der Waals surface area contributed by atoms with Gasteiger partial charge in [-0.2, -0.15) is 0 Å². The van der Waals surface area contributed by atoms with Gasteiger partial charge in [0.2, 0.25) is 0 Å². The Bertz CT molecular complexity index is 866. The van der Waals surface area contributed by atoms with Crippen LogP contribution in [0, 0.1) is 6.92 Å². The summed E-state index contributed by atoms with van der Waals surface area (Å²) in [6.07, 6.45) is 3.38. The van der Waals surface area contributed by atoms with E-state index in [-0.39, 0.29) is 5.91 Å². The summed E-state index contributed by atoms with van der Waals surface area (Å²) in [7, 11) is 0. The van der Waals surface area contributed by atoms with Crippen molar-refractivity contribution in [2.24, 2.45) is 0 Å². The van der Waals surface area contributed by atoms with E-state index in [9.17, 15) is 4.79 Å². The molecular weight excluding hydrogens is 336 g/mol. The zero-order chi connectivity index (χ0) is 17.6.